The van der Waals surface area contributed by atoms with Crippen LogP contribution >= 0.6 is 11.6 Å². The van der Waals surface area contributed by atoms with Gasteiger partial charge in [0.15, 0.2) is 5.69 Å². The molecule has 13 heteroatoms. The molecule has 28 heavy (non-hydrogen) atoms. The summed E-state index contributed by atoms with van der Waals surface area (Å²) < 4.78 is 41.4. The highest BCUT2D eigenvalue weighted by Crippen LogP contribution is 2.46. The standard InChI is InChI=1S/C15H16ClF3N6O3/c1-23-12(9(7-21-23)25(27)28)14(26)20-5-2-6-24-11(8-3-4-8)10(16)13(22-24)15(17,18)19/h7-8H,2-6H2,1H3,(H,20,26). The van der Waals surface area contributed by atoms with Gasteiger partial charge in [0.05, 0.1) is 15.6 Å². The van der Waals surface area contributed by atoms with Gasteiger partial charge in [-0.25, -0.2) is 0 Å². The van der Waals surface area contributed by atoms with Gasteiger partial charge in [0.25, 0.3) is 5.91 Å². The van der Waals surface area contributed by atoms with Crippen molar-refractivity contribution in [3.8, 4) is 0 Å². The molecule has 0 radical (unpaired) electrons. The molecule has 1 fully saturated rings. The van der Waals surface area contributed by atoms with Gasteiger partial charge in [0, 0.05) is 26.1 Å². The summed E-state index contributed by atoms with van der Waals surface area (Å²) in [7, 11) is 1.40. The van der Waals surface area contributed by atoms with Crippen molar-refractivity contribution in [2.45, 2.75) is 37.9 Å². The van der Waals surface area contributed by atoms with Crippen molar-refractivity contribution in [2.75, 3.05) is 6.54 Å². The molecule has 0 unspecified atom stereocenters. The number of carbonyl (C=O) groups is 1. The van der Waals surface area contributed by atoms with Gasteiger partial charge in [-0.05, 0) is 19.3 Å². The van der Waals surface area contributed by atoms with Crippen LogP contribution in [-0.2, 0) is 19.8 Å². The van der Waals surface area contributed by atoms with Crippen LogP contribution in [0.3, 0.4) is 0 Å². The zero-order valence-electron chi connectivity index (χ0n) is 14.7. The molecule has 0 saturated heterocycles. The molecule has 1 N–H and O–H groups in total. The van der Waals surface area contributed by atoms with Crippen LogP contribution in [0.5, 0.6) is 0 Å². The van der Waals surface area contributed by atoms with Crippen molar-refractivity contribution in [3.05, 3.63) is 38.4 Å². The average molecular weight is 421 g/mol. The SMILES string of the molecule is Cn1ncc([N+](=O)[O-])c1C(=O)NCCCn1nc(C(F)(F)F)c(Cl)c1C1CC1. The Bertz CT molecular complexity index is 919. The van der Waals surface area contributed by atoms with Crippen LogP contribution in [0.1, 0.15) is 47.1 Å². The Hall–Kier alpha value is -2.63. The van der Waals surface area contributed by atoms with Crippen molar-refractivity contribution in [1.82, 2.24) is 24.9 Å². The van der Waals surface area contributed by atoms with Gasteiger partial charge in [0.2, 0.25) is 5.69 Å². The zero-order valence-corrected chi connectivity index (χ0v) is 15.4. The Balaban J connectivity index is 1.64. The lowest BCUT2D eigenvalue weighted by Gasteiger charge is -2.08. The summed E-state index contributed by atoms with van der Waals surface area (Å²) in [4.78, 5) is 22.4. The molecule has 0 bridgehead atoms. The number of hydrogen-bond donors (Lipinski definition) is 1. The molecule has 3 rings (SSSR count). The lowest BCUT2D eigenvalue weighted by atomic mass is 10.2. The summed E-state index contributed by atoms with van der Waals surface area (Å²) in [6.45, 7) is 0.208. The van der Waals surface area contributed by atoms with Gasteiger partial charge in [0.1, 0.15) is 6.20 Å². The number of aryl methyl sites for hydroxylation is 2. The second-order valence-electron chi connectivity index (χ2n) is 6.41. The number of rotatable bonds is 7. The number of nitro groups is 1. The largest absolute Gasteiger partial charge is 0.436 e. The number of hydrogen-bond acceptors (Lipinski definition) is 5. The monoisotopic (exact) mass is 420 g/mol. The number of alkyl halides is 3. The fourth-order valence-electron chi connectivity index (χ4n) is 2.89. The molecule has 1 aliphatic rings. The van der Waals surface area contributed by atoms with Gasteiger partial charge < -0.3 is 5.32 Å². The molecule has 0 spiro atoms. The molecule has 1 saturated carbocycles. The van der Waals surface area contributed by atoms with Crippen LogP contribution in [0.4, 0.5) is 18.9 Å². The average Bonchev–Trinajstić information content (AvgIpc) is 3.26. The fraction of sp³-hybridized carbons (Fsp3) is 0.533. The molecule has 0 aliphatic heterocycles. The molecule has 152 valence electrons. The summed E-state index contributed by atoms with van der Waals surface area (Å²) in [5.41, 5.74) is -1.37. The van der Waals surface area contributed by atoms with Crippen molar-refractivity contribution < 1.29 is 22.9 Å². The fourth-order valence-corrected chi connectivity index (χ4v) is 3.29. The van der Waals surface area contributed by atoms with E-state index < -0.39 is 28.4 Å². The first-order valence-corrected chi connectivity index (χ1v) is 8.77. The highest BCUT2D eigenvalue weighted by molar-refractivity contribution is 6.32. The van der Waals surface area contributed by atoms with Gasteiger partial charge >= 0.3 is 11.9 Å². The first-order valence-electron chi connectivity index (χ1n) is 8.39. The molecule has 2 heterocycles. The summed E-state index contributed by atoms with van der Waals surface area (Å²) in [5.74, 6) is -0.730. The minimum atomic E-state index is -4.64. The number of halogens is 4. The third-order valence-electron chi connectivity index (χ3n) is 4.33. The number of nitrogens with one attached hydrogen (secondary N) is 1. The minimum absolute atomic E-state index is 0.0391. The van der Waals surface area contributed by atoms with E-state index >= 15 is 0 Å². The van der Waals surface area contributed by atoms with E-state index in [9.17, 15) is 28.1 Å². The highest BCUT2D eigenvalue weighted by atomic mass is 35.5. The van der Waals surface area contributed by atoms with Gasteiger partial charge in [-0.3, -0.25) is 24.3 Å². The Labute approximate surface area is 161 Å². The maximum absolute atomic E-state index is 13.0. The van der Waals surface area contributed by atoms with Crippen LogP contribution in [0, 0.1) is 10.1 Å². The molecule has 1 aliphatic carbocycles. The van der Waals surface area contributed by atoms with Crippen LogP contribution in [0.15, 0.2) is 6.20 Å². The predicted molar refractivity (Wildman–Crippen MR) is 91.0 cm³/mol. The number of carbonyl (C=O) groups excluding carboxylic acids is 1. The minimum Gasteiger partial charge on any atom is -0.350 e. The molecule has 0 atom stereocenters. The van der Waals surface area contributed by atoms with Crippen molar-refractivity contribution in [3.63, 3.8) is 0 Å². The lowest BCUT2D eigenvalue weighted by Crippen LogP contribution is -2.28. The van der Waals surface area contributed by atoms with E-state index in [-0.39, 0.29) is 36.1 Å². The van der Waals surface area contributed by atoms with E-state index in [4.69, 9.17) is 11.6 Å². The van der Waals surface area contributed by atoms with Crippen LogP contribution in [0.2, 0.25) is 5.02 Å². The maximum atomic E-state index is 13.0. The smallest absolute Gasteiger partial charge is 0.350 e. The molecule has 0 aromatic carbocycles. The third kappa shape index (κ3) is 3.96. The van der Waals surface area contributed by atoms with E-state index in [2.05, 4.69) is 15.5 Å². The summed E-state index contributed by atoms with van der Waals surface area (Å²) >= 11 is 5.90. The van der Waals surface area contributed by atoms with E-state index in [1.54, 1.807) is 0 Å². The van der Waals surface area contributed by atoms with Crippen molar-refractivity contribution in [2.24, 2.45) is 7.05 Å². The zero-order chi connectivity index (χ0) is 20.6. The number of amides is 1. The van der Waals surface area contributed by atoms with E-state index in [0.717, 1.165) is 23.7 Å². The van der Waals surface area contributed by atoms with Crippen LogP contribution in [-0.4, -0.2) is 36.9 Å². The van der Waals surface area contributed by atoms with Crippen molar-refractivity contribution >= 4 is 23.2 Å². The van der Waals surface area contributed by atoms with Gasteiger partial charge in [-0.2, -0.15) is 23.4 Å². The quantitative estimate of drug-likeness (QED) is 0.421. The molecule has 9 nitrogen and oxygen atoms in total. The van der Waals surface area contributed by atoms with E-state index in [0.29, 0.717) is 5.69 Å². The number of nitrogens with zero attached hydrogens (tertiary/aromatic N) is 5. The summed E-state index contributed by atoms with van der Waals surface area (Å²) in [6.07, 6.45) is -1.89. The van der Waals surface area contributed by atoms with Crippen LogP contribution in [0.25, 0.3) is 0 Å². The highest BCUT2D eigenvalue weighted by Gasteiger charge is 2.41. The molecule has 1 amide bonds. The summed E-state index contributed by atoms with van der Waals surface area (Å²) in [6, 6.07) is 0. The third-order valence-corrected chi connectivity index (χ3v) is 4.70. The molecule has 2 aromatic rings. The predicted octanol–water partition coefficient (Wildman–Crippen LogP) is 2.89. The second-order valence-corrected chi connectivity index (χ2v) is 6.79. The molecular weight excluding hydrogens is 405 g/mol. The Morgan fingerprint density at radius 3 is 2.71 bits per heavy atom. The first kappa shape index (κ1) is 20.1. The van der Waals surface area contributed by atoms with Crippen LogP contribution < -0.4 is 5.32 Å². The second kappa shape index (κ2) is 7.41. The number of aromatic nitrogens is 4. The van der Waals surface area contributed by atoms with Crippen molar-refractivity contribution in [1.29, 1.82) is 0 Å². The lowest BCUT2D eigenvalue weighted by molar-refractivity contribution is -0.385. The molecule has 2 aromatic heterocycles. The normalized spacial score (nSPS) is 14.3. The van der Waals surface area contributed by atoms with Gasteiger partial charge in [-0.1, -0.05) is 11.6 Å². The van der Waals surface area contributed by atoms with Gasteiger partial charge in [-0.15, -0.1) is 0 Å². The first-order chi connectivity index (χ1) is 13.1. The summed E-state index contributed by atoms with van der Waals surface area (Å²) in [5, 5.41) is 20.4. The Kier molecular flexibility index (Phi) is 5.33. The van der Waals surface area contributed by atoms with E-state index in [1.807, 2.05) is 0 Å². The topological polar surface area (TPSA) is 108 Å². The molecular formula is C15H16ClF3N6O3. The Morgan fingerprint density at radius 1 is 1.46 bits per heavy atom. The van der Waals surface area contributed by atoms with E-state index in [1.165, 1.54) is 11.7 Å². The maximum Gasteiger partial charge on any atom is 0.436 e. The Morgan fingerprint density at radius 2 is 2.14 bits per heavy atom.